The van der Waals surface area contributed by atoms with Gasteiger partial charge in [-0.05, 0) is 37.8 Å². The number of nitrogens with zero attached hydrogens (tertiary/aromatic N) is 5. The predicted molar refractivity (Wildman–Crippen MR) is 118 cm³/mol. The number of benzene rings is 1. The number of hydrogen-bond donors (Lipinski definition) is 1. The van der Waals surface area contributed by atoms with Crippen molar-refractivity contribution < 1.29 is 14.3 Å². The molecule has 0 spiro atoms. The van der Waals surface area contributed by atoms with E-state index in [2.05, 4.69) is 20.2 Å². The van der Waals surface area contributed by atoms with Crippen LogP contribution in [-0.4, -0.2) is 51.4 Å². The van der Waals surface area contributed by atoms with Crippen LogP contribution in [0.2, 0.25) is 0 Å². The lowest BCUT2D eigenvalue weighted by molar-refractivity contribution is -0.123. The van der Waals surface area contributed by atoms with Crippen molar-refractivity contribution in [3.05, 3.63) is 54.7 Å². The van der Waals surface area contributed by atoms with E-state index in [1.165, 1.54) is 0 Å². The summed E-state index contributed by atoms with van der Waals surface area (Å²) in [5, 5.41) is 2.95. The van der Waals surface area contributed by atoms with Crippen molar-refractivity contribution in [1.29, 1.82) is 0 Å². The van der Waals surface area contributed by atoms with E-state index in [4.69, 9.17) is 14.5 Å². The van der Waals surface area contributed by atoms with E-state index in [1.807, 2.05) is 43.5 Å². The lowest BCUT2D eigenvalue weighted by Crippen LogP contribution is -2.40. The van der Waals surface area contributed by atoms with E-state index in [-0.39, 0.29) is 11.8 Å². The zero-order valence-electron chi connectivity index (χ0n) is 18.0. The number of hydrogen-bond acceptors (Lipinski definition) is 7. The Morgan fingerprint density at radius 3 is 2.78 bits per heavy atom. The summed E-state index contributed by atoms with van der Waals surface area (Å²) < 4.78 is 13.2. The van der Waals surface area contributed by atoms with Crippen molar-refractivity contribution in [2.45, 2.75) is 32.5 Å². The largest absolute Gasteiger partial charge is 0.449 e. The average molecular weight is 435 g/mol. The molecule has 32 heavy (non-hydrogen) atoms. The normalized spacial score (nSPS) is 18.0. The van der Waals surface area contributed by atoms with Crippen LogP contribution < -0.4 is 19.7 Å². The van der Waals surface area contributed by atoms with Gasteiger partial charge in [0.05, 0.1) is 6.54 Å². The second kappa shape index (κ2) is 8.86. The monoisotopic (exact) mass is 434 g/mol. The summed E-state index contributed by atoms with van der Waals surface area (Å²) in [5.41, 5.74) is 0.899. The molecule has 0 aliphatic carbocycles. The Bertz CT molecular complexity index is 1060. The fourth-order valence-corrected chi connectivity index (χ4v) is 4.20. The van der Waals surface area contributed by atoms with Gasteiger partial charge in [0, 0.05) is 43.7 Å². The molecule has 1 amide bonds. The molecule has 2 aliphatic rings. The molecule has 1 fully saturated rings. The highest BCUT2D eigenvalue weighted by Crippen LogP contribution is 2.33. The zero-order valence-corrected chi connectivity index (χ0v) is 18.0. The molecule has 0 radical (unpaired) electrons. The van der Waals surface area contributed by atoms with E-state index in [9.17, 15) is 4.79 Å². The standard InChI is InChI=1S/C23H26N6O3/c1-16-11-20(27-23(26-16)29-10-8-24-15-29)28-9-4-5-17(14-28)12-21(30)25-13-22-31-18-6-2-3-7-19(18)32-22/h2-3,6-8,10-11,15,17,22H,4-5,9,12-14H2,1H3,(H,25,30). The van der Waals surface area contributed by atoms with Gasteiger partial charge in [0.2, 0.25) is 11.9 Å². The van der Waals surface area contributed by atoms with Gasteiger partial charge in [-0.2, -0.15) is 4.98 Å². The first-order valence-corrected chi connectivity index (χ1v) is 10.9. The zero-order chi connectivity index (χ0) is 21.9. The van der Waals surface area contributed by atoms with Gasteiger partial charge in [0.1, 0.15) is 12.1 Å². The second-order valence-corrected chi connectivity index (χ2v) is 8.21. The number of amides is 1. The van der Waals surface area contributed by atoms with Gasteiger partial charge in [-0.3, -0.25) is 9.36 Å². The van der Waals surface area contributed by atoms with E-state index < -0.39 is 6.29 Å². The molecule has 9 nitrogen and oxygen atoms in total. The average Bonchev–Trinajstić information content (AvgIpc) is 3.47. The molecule has 1 unspecified atom stereocenters. The minimum absolute atomic E-state index is 0.0120. The van der Waals surface area contributed by atoms with Crippen LogP contribution in [-0.2, 0) is 4.79 Å². The number of nitrogens with one attached hydrogen (secondary N) is 1. The molecular formula is C23H26N6O3. The summed E-state index contributed by atoms with van der Waals surface area (Å²) in [6.07, 6.45) is 7.26. The molecule has 1 aromatic carbocycles. The third-order valence-electron chi connectivity index (χ3n) is 5.71. The number of ether oxygens (including phenoxy) is 2. The number of aromatic nitrogens is 4. The summed E-state index contributed by atoms with van der Waals surface area (Å²) in [5.74, 6) is 3.19. The maximum atomic E-state index is 12.6. The smallest absolute Gasteiger partial charge is 0.258 e. The molecule has 4 heterocycles. The van der Waals surface area contributed by atoms with Crippen molar-refractivity contribution in [3.8, 4) is 17.4 Å². The number of imidazole rings is 1. The highest BCUT2D eigenvalue weighted by atomic mass is 16.7. The summed E-state index contributed by atoms with van der Waals surface area (Å²) in [4.78, 5) is 28.1. The SMILES string of the molecule is Cc1cc(N2CCCC(CC(=O)NCC3Oc4ccccc4O3)C2)nc(-n2ccnc2)n1. The van der Waals surface area contributed by atoms with E-state index in [1.54, 1.807) is 17.1 Å². The van der Waals surface area contributed by atoms with Crippen molar-refractivity contribution >= 4 is 11.7 Å². The first-order valence-electron chi connectivity index (χ1n) is 10.9. The van der Waals surface area contributed by atoms with Crippen LogP contribution in [0.4, 0.5) is 5.82 Å². The van der Waals surface area contributed by atoms with Gasteiger partial charge < -0.3 is 19.7 Å². The predicted octanol–water partition coefficient (Wildman–Crippen LogP) is 2.49. The molecule has 0 saturated carbocycles. The molecule has 1 atom stereocenters. The first kappa shape index (κ1) is 20.3. The van der Waals surface area contributed by atoms with Gasteiger partial charge in [-0.25, -0.2) is 9.97 Å². The van der Waals surface area contributed by atoms with E-state index in [0.717, 1.165) is 37.4 Å². The van der Waals surface area contributed by atoms with Crippen molar-refractivity contribution in [1.82, 2.24) is 24.8 Å². The van der Waals surface area contributed by atoms with Gasteiger partial charge in [0.15, 0.2) is 11.5 Å². The highest BCUT2D eigenvalue weighted by Gasteiger charge is 2.26. The van der Waals surface area contributed by atoms with Gasteiger partial charge in [-0.1, -0.05) is 12.1 Å². The second-order valence-electron chi connectivity index (χ2n) is 8.21. The Morgan fingerprint density at radius 1 is 1.22 bits per heavy atom. The van der Waals surface area contributed by atoms with Crippen LogP contribution >= 0.6 is 0 Å². The quantitative estimate of drug-likeness (QED) is 0.637. The topological polar surface area (TPSA) is 94.4 Å². The fraction of sp³-hybridized carbons (Fsp3) is 0.391. The Balaban J connectivity index is 1.16. The van der Waals surface area contributed by atoms with E-state index >= 15 is 0 Å². The minimum Gasteiger partial charge on any atom is -0.449 e. The Labute approximate surface area is 186 Å². The number of anilines is 1. The van der Waals surface area contributed by atoms with Crippen molar-refractivity contribution in [2.75, 3.05) is 24.5 Å². The number of piperidine rings is 1. The van der Waals surface area contributed by atoms with Crippen LogP contribution in [0, 0.1) is 12.8 Å². The molecular weight excluding hydrogens is 408 g/mol. The minimum atomic E-state index is -0.482. The molecule has 166 valence electrons. The van der Waals surface area contributed by atoms with Crippen LogP contribution in [0.15, 0.2) is 49.1 Å². The molecule has 3 aromatic rings. The van der Waals surface area contributed by atoms with Crippen LogP contribution in [0.25, 0.3) is 5.95 Å². The summed E-state index contributed by atoms with van der Waals surface area (Å²) in [6, 6.07) is 9.52. The lowest BCUT2D eigenvalue weighted by Gasteiger charge is -2.33. The highest BCUT2D eigenvalue weighted by molar-refractivity contribution is 5.76. The first-order chi connectivity index (χ1) is 15.6. The van der Waals surface area contributed by atoms with Gasteiger partial charge in [0.25, 0.3) is 6.29 Å². The molecule has 2 aromatic heterocycles. The number of fused-ring (bicyclic) bond motifs is 1. The van der Waals surface area contributed by atoms with Gasteiger partial charge >= 0.3 is 0 Å². The van der Waals surface area contributed by atoms with Crippen molar-refractivity contribution in [3.63, 3.8) is 0 Å². The van der Waals surface area contributed by atoms with Crippen LogP contribution in [0.3, 0.4) is 0 Å². The number of carbonyl (C=O) groups is 1. The summed E-state index contributed by atoms with van der Waals surface area (Å²) in [6.45, 7) is 3.99. The van der Waals surface area contributed by atoms with Crippen LogP contribution in [0.5, 0.6) is 11.5 Å². The van der Waals surface area contributed by atoms with E-state index in [0.29, 0.717) is 30.4 Å². The molecule has 2 aliphatic heterocycles. The summed E-state index contributed by atoms with van der Waals surface area (Å²) >= 11 is 0. The Hall–Kier alpha value is -3.62. The summed E-state index contributed by atoms with van der Waals surface area (Å²) in [7, 11) is 0. The van der Waals surface area contributed by atoms with Crippen molar-refractivity contribution in [2.24, 2.45) is 5.92 Å². The number of rotatable bonds is 6. The third-order valence-corrected chi connectivity index (χ3v) is 5.71. The molecule has 5 rings (SSSR count). The molecule has 9 heteroatoms. The molecule has 0 bridgehead atoms. The maximum absolute atomic E-state index is 12.6. The Morgan fingerprint density at radius 2 is 2.03 bits per heavy atom. The van der Waals surface area contributed by atoms with Gasteiger partial charge in [-0.15, -0.1) is 0 Å². The van der Waals surface area contributed by atoms with Crippen LogP contribution in [0.1, 0.15) is 25.0 Å². The molecule has 1 saturated heterocycles. The Kier molecular flexibility index (Phi) is 5.62. The number of para-hydroxylation sites is 2. The lowest BCUT2D eigenvalue weighted by atomic mass is 9.94. The number of aryl methyl sites for hydroxylation is 1. The fourth-order valence-electron chi connectivity index (χ4n) is 4.20. The number of carbonyl (C=O) groups excluding carboxylic acids is 1. The maximum Gasteiger partial charge on any atom is 0.258 e. The molecule has 1 N–H and O–H groups in total. The third kappa shape index (κ3) is 4.51.